The van der Waals surface area contributed by atoms with Crippen molar-refractivity contribution in [3.63, 3.8) is 0 Å². The van der Waals surface area contributed by atoms with Gasteiger partial charge in [0.25, 0.3) is 0 Å². The maximum absolute atomic E-state index is 11.4. The van der Waals surface area contributed by atoms with Gasteiger partial charge in [0, 0.05) is 34.0 Å². The third-order valence-corrected chi connectivity index (χ3v) is 8.67. The average molecular weight is 628 g/mol. The number of H-pyrrole nitrogens is 2. The summed E-state index contributed by atoms with van der Waals surface area (Å²) >= 11 is 0. The Bertz CT molecular complexity index is 1860. The number of nitrogens with one attached hydrogen (secondary N) is 2. The number of allylic oxidation sites excluding steroid dienone is 4. The first-order valence-electron chi connectivity index (χ1n) is 14.6. The molecule has 0 saturated carbocycles. The van der Waals surface area contributed by atoms with E-state index in [1.807, 2.05) is 32.0 Å². The summed E-state index contributed by atoms with van der Waals surface area (Å²) in [7, 11) is 0. The van der Waals surface area contributed by atoms with Crippen LogP contribution in [0.4, 0.5) is 0 Å². The van der Waals surface area contributed by atoms with Gasteiger partial charge in [-0.15, -0.1) is 0 Å². The number of fused-ring (bicyclic) bond motifs is 8. The molecule has 2 aliphatic rings. The van der Waals surface area contributed by atoms with Crippen LogP contribution in [0.15, 0.2) is 24.3 Å². The average Bonchev–Trinajstić information content (AvgIpc) is 3.59. The van der Waals surface area contributed by atoms with Crippen molar-refractivity contribution in [2.75, 3.05) is 0 Å². The summed E-state index contributed by atoms with van der Waals surface area (Å²) in [6, 6.07) is 8.09. The Morgan fingerprint density at radius 1 is 0.628 bits per heavy atom. The van der Waals surface area contributed by atoms with Crippen molar-refractivity contribution in [1.29, 1.82) is 0 Å². The fourth-order valence-corrected chi connectivity index (χ4v) is 6.21. The fourth-order valence-electron chi connectivity index (χ4n) is 6.21. The molecule has 0 saturated heterocycles. The monoisotopic (exact) mass is 627 g/mol. The molecule has 2 N–H and O–H groups in total. The summed E-state index contributed by atoms with van der Waals surface area (Å²) in [5.74, 6) is -2.24. The Labute approximate surface area is 261 Å². The zero-order valence-electron chi connectivity index (χ0n) is 25.4. The summed E-state index contributed by atoms with van der Waals surface area (Å²) in [4.78, 5) is 40.0. The standard InChI is InChI=1S/C34H38N4O4.Cu/c1-7-21-17(3)25-13-26-19(5)23(9-11-33(39)40)31(37-26)16-32-24(10-12-34(41)42)20(6)28(38-32)15-30-22(8-2)18(4)27(36-30)14-29(21)35-25;/h13-16,35,38H,7-12H2,1-6H3,(H,39,40)(H,41,42);/q;+2/p-2. The van der Waals surface area contributed by atoms with Crippen LogP contribution < -0.4 is 10.2 Å². The van der Waals surface area contributed by atoms with Gasteiger partial charge < -0.3 is 29.8 Å². The molecule has 3 aromatic rings. The molecule has 0 aliphatic carbocycles. The van der Waals surface area contributed by atoms with Crippen LogP contribution in [0, 0.1) is 13.8 Å². The molecular formula is C34H36CuN4O4. The van der Waals surface area contributed by atoms with Crippen LogP contribution in [-0.2, 0) is 39.5 Å². The number of carbonyl (C=O) groups is 2. The SMILES string of the molecule is CCC1=C(C)c2cc3[nH]c(cc4nc(cc5[nH]c(cc1n2)c(C)c5CCC(=O)[O-])C(CCC(=O)[O-])=C4C)c(C)c3CC.[Cu+2]. The predicted octanol–water partition coefficient (Wildman–Crippen LogP) is 4.98. The molecule has 0 fully saturated rings. The molecule has 9 heteroatoms. The third-order valence-electron chi connectivity index (χ3n) is 8.67. The summed E-state index contributed by atoms with van der Waals surface area (Å²) in [5.41, 5.74) is 14.9. The number of rotatable bonds is 8. The number of nitrogens with zero attached hydrogens (tertiary/aromatic N) is 2. The van der Waals surface area contributed by atoms with Crippen LogP contribution in [-0.4, -0.2) is 31.9 Å². The molecule has 0 unspecified atom stereocenters. The number of hydrogen-bond acceptors (Lipinski definition) is 6. The van der Waals surface area contributed by atoms with Crippen molar-refractivity contribution in [3.8, 4) is 0 Å². The normalized spacial score (nSPS) is 13.0. The molecule has 3 aromatic heterocycles. The van der Waals surface area contributed by atoms with Crippen molar-refractivity contribution < 1.29 is 36.9 Å². The molecule has 8 bridgehead atoms. The second-order valence-corrected chi connectivity index (χ2v) is 11.1. The van der Waals surface area contributed by atoms with Crippen LogP contribution >= 0.6 is 0 Å². The quantitative estimate of drug-likeness (QED) is 0.338. The Morgan fingerprint density at radius 2 is 1.07 bits per heavy atom. The second-order valence-electron chi connectivity index (χ2n) is 11.1. The first-order valence-corrected chi connectivity index (χ1v) is 14.6. The van der Waals surface area contributed by atoms with Gasteiger partial charge >= 0.3 is 17.1 Å². The van der Waals surface area contributed by atoms with Crippen molar-refractivity contribution in [2.24, 2.45) is 0 Å². The maximum atomic E-state index is 11.4. The minimum absolute atomic E-state index is 0. The topological polar surface area (TPSA) is 138 Å². The predicted molar refractivity (Wildman–Crippen MR) is 163 cm³/mol. The fraction of sp³-hybridized carbons (Fsp3) is 0.353. The zero-order valence-corrected chi connectivity index (χ0v) is 26.3. The van der Waals surface area contributed by atoms with E-state index in [9.17, 15) is 19.8 Å². The maximum Gasteiger partial charge on any atom is 2.00 e. The van der Waals surface area contributed by atoms with Gasteiger partial charge in [-0.1, -0.05) is 13.8 Å². The number of carboxylic acid groups (broad SMARTS) is 2. The first-order chi connectivity index (χ1) is 20.0. The third kappa shape index (κ3) is 6.10. The smallest absolute Gasteiger partial charge is 0.550 e. The molecule has 0 atom stereocenters. The number of aromatic amines is 2. The number of hydrogen-bond donors (Lipinski definition) is 2. The van der Waals surface area contributed by atoms with Gasteiger partial charge in [-0.3, -0.25) is 0 Å². The second kappa shape index (κ2) is 12.7. The van der Waals surface area contributed by atoms with Crippen LogP contribution in [0.25, 0.3) is 44.4 Å². The van der Waals surface area contributed by atoms with E-state index >= 15 is 0 Å². The van der Waals surface area contributed by atoms with E-state index in [0.29, 0.717) is 5.69 Å². The van der Waals surface area contributed by atoms with Crippen molar-refractivity contribution >= 4 is 56.3 Å². The molecule has 0 spiro atoms. The molecule has 0 aromatic carbocycles. The van der Waals surface area contributed by atoms with Crippen LogP contribution in [0.5, 0.6) is 0 Å². The molecule has 5 rings (SSSR count). The van der Waals surface area contributed by atoms with E-state index in [1.165, 1.54) is 5.56 Å². The van der Waals surface area contributed by atoms with Gasteiger partial charge in [0.1, 0.15) is 0 Å². The number of carboxylic acids is 2. The van der Waals surface area contributed by atoms with E-state index in [-0.39, 0.29) is 42.8 Å². The first kappa shape index (κ1) is 32.0. The number of aryl methyl sites for hydroxylation is 4. The van der Waals surface area contributed by atoms with Crippen LogP contribution in [0.2, 0.25) is 0 Å². The molecule has 8 nitrogen and oxygen atoms in total. The molecule has 5 heterocycles. The van der Waals surface area contributed by atoms with Crippen molar-refractivity contribution in [2.45, 2.75) is 80.1 Å². The van der Waals surface area contributed by atoms with E-state index < -0.39 is 11.9 Å². The summed E-state index contributed by atoms with van der Waals surface area (Å²) in [6.45, 7) is 12.4. The van der Waals surface area contributed by atoms with Gasteiger partial charge in [0.05, 0.1) is 22.8 Å². The summed E-state index contributed by atoms with van der Waals surface area (Å²) in [5, 5.41) is 22.8. The molecule has 1 radical (unpaired) electrons. The van der Waals surface area contributed by atoms with E-state index in [0.717, 1.165) is 91.0 Å². The van der Waals surface area contributed by atoms with Gasteiger partial charge in [-0.05, 0) is 135 Å². The summed E-state index contributed by atoms with van der Waals surface area (Å²) < 4.78 is 0. The van der Waals surface area contributed by atoms with Gasteiger partial charge in [0.15, 0.2) is 0 Å². The Balaban J connectivity index is 0.00000423. The van der Waals surface area contributed by atoms with E-state index in [1.54, 1.807) is 0 Å². The van der Waals surface area contributed by atoms with Gasteiger partial charge in [0.2, 0.25) is 0 Å². The van der Waals surface area contributed by atoms with E-state index in [4.69, 9.17) is 9.97 Å². The summed E-state index contributed by atoms with van der Waals surface area (Å²) in [6.07, 6.45) is 1.98. The zero-order chi connectivity index (χ0) is 30.3. The number of carbonyl (C=O) groups excluding carboxylic acids is 2. The Kier molecular flexibility index (Phi) is 9.47. The number of aromatic nitrogens is 4. The van der Waals surface area contributed by atoms with Gasteiger partial charge in [-0.2, -0.15) is 0 Å². The molecular weight excluding hydrogens is 592 g/mol. The Morgan fingerprint density at radius 3 is 1.63 bits per heavy atom. The van der Waals surface area contributed by atoms with Crippen LogP contribution in [0.3, 0.4) is 0 Å². The molecule has 2 aliphatic heterocycles. The van der Waals surface area contributed by atoms with E-state index in [2.05, 4.69) is 43.7 Å². The van der Waals surface area contributed by atoms with Gasteiger partial charge in [-0.25, -0.2) is 9.97 Å². The number of aliphatic carboxylic acids is 2. The van der Waals surface area contributed by atoms with Crippen molar-refractivity contribution in [1.82, 2.24) is 19.9 Å². The Hall–Kier alpha value is -3.94. The molecule has 43 heavy (non-hydrogen) atoms. The largest absolute Gasteiger partial charge is 2.00 e. The van der Waals surface area contributed by atoms with Crippen molar-refractivity contribution in [3.05, 3.63) is 69.3 Å². The van der Waals surface area contributed by atoms with Crippen LogP contribution in [0.1, 0.15) is 98.4 Å². The minimum Gasteiger partial charge on any atom is -0.550 e. The molecule has 0 amide bonds. The minimum atomic E-state index is -1.12. The molecule has 227 valence electrons.